The van der Waals surface area contributed by atoms with E-state index in [0.29, 0.717) is 0 Å². The first-order chi connectivity index (χ1) is 7.99. The summed E-state index contributed by atoms with van der Waals surface area (Å²) in [5, 5.41) is 0. The minimum atomic E-state index is -2.80. The minimum Gasteiger partial charge on any atom is -0.469 e. The number of aromatic amines is 1. The molecule has 0 bridgehead atoms. The summed E-state index contributed by atoms with van der Waals surface area (Å²) < 4.78 is 29.8. The molecule has 1 N–H and O–H groups in total. The van der Waals surface area contributed by atoms with Gasteiger partial charge in [0.25, 0.3) is 12.0 Å². The van der Waals surface area contributed by atoms with Crippen molar-refractivity contribution in [1.29, 1.82) is 0 Å². The quantitative estimate of drug-likeness (QED) is 0.667. The molecule has 1 aromatic rings. The number of nitrogens with one attached hydrogen (secondary N) is 1. The molecule has 0 spiro atoms. The lowest BCUT2D eigenvalue weighted by Crippen LogP contribution is -2.19. The number of esters is 1. The highest BCUT2D eigenvalue weighted by Gasteiger charge is 2.18. The molecule has 7 heteroatoms. The highest BCUT2D eigenvalue weighted by atomic mass is 35.5. The van der Waals surface area contributed by atoms with Gasteiger partial charge in [-0.3, -0.25) is 9.59 Å². The third-order valence-electron chi connectivity index (χ3n) is 2.16. The maximum absolute atomic E-state index is 12.7. The number of hydrogen-bond acceptors (Lipinski definition) is 3. The summed E-state index contributed by atoms with van der Waals surface area (Å²) >= 11 is 5.44. The molecule has 0 unspecified atom stereocenters. The van der Waals surface area contributed by atoms with Crippen molar-refractivity contribution >= 4 is 17.6 Å². The van der Waals surface area contributed by atoms with Crippen LogP contribution < -0.4 is 5.56 Å². The average Bonchev–Trinajstić information content (AvgIpc) is 2.28. The lowest BCUT2D eigenvalue weighted by molar-refractivity contribution is -0.139. The van der Waals surface area contributed by atoms with Gasteiger partial charge < -0.3 is 9.72 Å². The molecule has 0 aliphatic heterocycles. The molecule has 1 heterocycles. The normalized spacial score (nSPS) is 10.6. The predicted octanol–water partition coefficient (Wildman–Crippen LogP) is 1.77. The Labute approximate surface area is 101 Å². The van der Waals surface area contributed by atoms with E-state index in [1.165, 1.54) is 0 Å². The van der Waals surface area contributed by atoms with Crippen LogP contribution in [-0.2, 0) is 21.8 Å². The molecule has 1 rings (SSSR count). The number of carbonyl (C=O) groups is 1. The Hall–Kier alpha value is -1.43. The molecule has 4 nitrogen and oxygen atoms in total. The molecular formula is C10H10ClF2NO3. The van der Waals surface area contributed by atoms with Crippen molar-refractivity contribution in [1.82, 2.24) is 4.98 Å². The fraction of sp³-hybridized carbons (Fsp3) is 0.400. The maximum atomic E-state index is 12.7. The van der Waals surface area contributed by atoms with Crippen molar-refractivity contribution in [3.8, 4) is 0 Å². The summed E-state index contributed by atoms with van der Waals surface area (Å²) in [5.41, 5.74) is -1.10. The minimum absolute atomic E-state index is 0.0376. The number of H-pyrrole nitrogens is 1. The van der Waals surface area contributed by atoms with Gasteiger partial charge in [-0.2, -0.15) is 0 Å². The van der Waals surface area contributed by atoms with Gasteiger partial charge in [-0.05, 0) is 6.07 Å². The zero-order valence-corrected chi connectivity index (χ0v) is 9.68. The van der Waals surface area contributed by atoms with E-state index in [1.807, 2.05) is 0 Å². The van der Waals surface area contributed by atoms with E-state index in [4.69, 9.17) is 11.6 Å². The van der Waals surface area contributed by atoms with E-state index in [1.54, 1.807) is 0 Å². The fourth-order valence-electron chi connectivity index (χ4n) is 1.29. The first-order valence-corrected chi connectivity index (χ1v) is 5.19. The molecule has 0 amide bonds. The zero-order valence-electron chi connectivity index (χ0n) is 8.93. The molecule has 94 valence electrons. The van der Waals surface area contributed by atoms with Crippen molar-refractivity contribution < 1.29 is 18.3 Å². The Morgan fingerprint density at radius 1 is 1.59 bits per heavy atom. The Bertz CT molecular complexity index is 473. The summed E-state index contributed by atoms with van der Waals surface area (Å²) in [6, 6.07) is 1.01. The van der Waals surface area contributed by atoms with Crippen LogP contribution in [0, 0.1) is 0 Å². The summed E-state index contributed by atoms with van der Waals surface area (Å²) in [7, 11) is 1.13. The predicted molar refractivity (Wildman–Crippen MR) is 57.3 cm³/mol. The first kappa shape index (κ1) is 13.6. The lowest BCUT2D eigenvalue weighted by Gasteiger charge is -2.09. The van der Waals surface area contributed by atoms with Crippen molar-refractivity contribution in [2.24, 2.45) is 0 Å². The van der Waals surface area contributed by atoms with Crippen LogP contribution in [0.5, 0.6) is 0 Å². The smallest absolute Gasteiger partial charge is 0.311 e. The molecule has 0 aliphatic rings. The number of halogens is 3. The van der Waals surface area contributed by atoms with E-state index in [-0.39, 0.29) is 17.1 Å². The second-order valence-electron chi connectivity index (χ2n) is 3.24. The summed E-state index contributed by atoms with van der Waals surface area (Å²) in [4.78, 5) is 24.6. The number of carbonyl (C=O) groups excluding carboxylic acids is 1. The van der Waals surface area contributed by atoms with Crippen LogP contribution in [0.4, 0.5) is 8.78 Å². The molecule has 0 atom stereocenters. The third kappa shape index (κ3) is 3.26. The van der Waals surface area contributed by atoms with Gasteiger partial charge >= 0.3 is 5.97 Å². The van der Waals surface area contributed by atoms with Crippen LogP contribution in [0.2, 0.25) is 0 Å². The molecule has 0 saturated carbocycles. The molecule has 0 aromatic carbocycles. The highest BCUT2D eigenvalue weighted by Crippen LogP contribution is 2.22. The molecule has 1 aromatic heterocycles. The average molecular weight is 266 g/mol. The van der Waals surface area contributed by atoms with Crippen molar-refractivity contribution in [3.05, 3.63) is 33.2 Å². The zero-order chi connectivity index (χ0) is 13.0. The summed E-state index contributed by atoms with van der Waals surface area (Å²) in [5.74, 6) is -0.880. The third-order valence-corrected chi connectivity index (χ3v) is 2.45. The number of rotatable bonds is 4. The SMILES string of the molecule is COC(=O)Cc1[nH]c(=O)c(CCl)cc1C(F)F. The number of aromatic nitrogens is 1. The van der Waals surface area contributed by atoms with Gasteiger partial charge in [0.1, 0.15) is 0 Å². The molecule has 0 fully saturated rings. The standard InChI is InChI=1S/C10H10ClF2NO3/c1-17-8(15)3-7-6(9(12)13)2-5(4-11)10(16)14-7/h2,9H,3-4H2,1H3,(H,14,16). The van der Waals surface area contributed by atoms with E-state index in [0.717, 1.165) is 13.2 Å². The van der Waals surface area contributed by atoms with Crippen molar-refractivity contribution in [3.63, 3.8) is 0 Å². The monoisotopic (exact) mass is 265 g/mol. The maximum Gasteiger partial charge on any atom is 0.311 e. The van der Waals surface area contributed by atoms with Gasteiger partial charge in [0.05, 0.1) is 19.4 Å². The van der Waals surface area contributed by atoms with Crippen molar-refractivity contribution in [2.45, 2.75) is 18.7 Å². The lowest BCUT2D eigenvalue weighted by atomic mass is 10.1. The Morgan fingerprint density at radius 3 is 2.71 bits per heavy atom. The van der Waals surface area contributed by atoms with Crippen LogP contribution in [0.3, 0.4) is 0 Å². The Kier molecular flexibility index (Phi) is 4.62. The molecule has 17 heavy (non-hydrogen) atoms. The van der Waals surface area contributed by atoms with Crippen LogP contribution in [0.15, 0.2) is 10.9 Å². The van der Waals surface area contributed by atoms with E-state index < -0.39 is 29.9 Å². The van der Waals surface area contributed by atoms with E-state index in [2.05, 4.69) is 9.72 Å². The summed E-state index contributed by atoms with van der Waals surface area (Å²) in [6.07, 6.45) is -3.21. The summed E-state index contributed by atoms with van der Waals surface area (Å²) in [6.45, 7) is 0. The largest absolute Gasteiger partial charge is 0.469 e. The van der Waals surface area contributed by atoms with Crippen LogP contribution in [-0.4, -0.2) is 18.1 Å². The van der Waals surface area contributed by atoms with Crippen LogP contribution in [0.1, 0.15) is 23.2 Å². The van der Waals surface area contributed by atoms with E-state index >= 15 is 0 Å². The van der Waals surface area contributed by atoms with Gasteiger partial charge in [-0.25, -0.2) is 8.78 Å². The Morgan fingerprint density at radius 2 is 2.24 bits per heavy atom. The number of ether oxygens (including phenoxy) is 1. The van der Waals surface area contributed by atoms with Gasteiger partial charge in [0.2, 0.25) is 0 Å². The molecular weight excluding hydrogens is 256 g/mol. The van der Waals surface area contributed by atoms with Gasteiger partial charge in [0, 0.05) is 16.8 Å². The van der Waals surface area contributed by atoms with Gasteiger partial charge in [-0.15, -0.1) is 11.6 Å². The number of pyridine rings is 1. The van der Waals surface area contributed by atoms with Gasteiger partial charge in [-0.1, -0.05) is 0 Å². The van der Waals surface area contributed by atoms with Gasteiger partial charge in [0.15, 0.2) is 0 Å². The van der Waals surface area contributed by atoms with Crippen LogP contribution >= 0.6 is 11.6 Å². The van der Waals surface area contributed by atoms with E-state index in [9.17, 15) is 18.4 Å². The number of alkyl halides is 3. The van der Waals surface area contributed by atoms with Crippen LogP contribution in [0.25, 0.3) is 0 Å². The molecule has 0 radical (unpaired) electrons. The highest BCUT2D eigenvalue weighted by molar-refractivity contribution is 6.17. The second-order valence-corrected chi connectivity index (χ2v) is 3.51. The van der Waals surface area contributed by atoms with Crippen molar-refractivity contribution in [2.75, 3.05) is 7.11 Å². The fourth-order valence-corrected chi connectivity index (χ4v) is 1.49. The molecule has 0 aliphatic carbocycles. The Balaban J connectivity index is 3.23. The number of hydrogen-bond donors (Lipinski definition) is 1. The topological polar surface area (TPSA) is 59.2 Å². The molecule has 0 saturated heterocycles. The number of methoxy groups -OCH3 is 1. The second kappa shape index (κ2) is 5.77. The first-order valence-electron chi connectivity index (χ1n) is 4.65.